The first kappa shape index (κ1) is 23.8. The number of rotatable bonds is 9. The number of amides is 2. The highest BCUT2D eigenvalue weighted by Gasteiger charge is 2.32. The molecule has 2 amide bonds. The molecule has 1 aromatic carbocycles. The molecule has 0 fully saturated rings. The molecule has 29 heavy (non-hydrogen) atoms. The molecule has 1 aliphatic heterocycles. The molecule has 0 saturated carbocycles. The largest absolute Gasteiger partial charge is 0.354 e. The topological polar surface area (TPSA) is 93.2 Å². The summed E-state index contributed by atoms with van der Waals surface area (Å²) in [6, 6.07) is 3.35. The molecule has 0 aromatic heterocycles. The molecule has 8 nitrogen and oxygen atoms in total. The molecule has 1 aliphatic rings. The van der Waals surface area contributed by atoms with Gasteiger partial charge >= 0.3 is 0 Å². The summed E-state index contributed by atoms with van der Waals surface area (Å²) in [5.74, 6) is -0.804. The van der Waals surface area contributed by atoms with E-state index in [2.05, 4.69) is 15.9 Å². The van der Waals surface area contributed by atoms with Gasteiger partial charge in [0.25, 0.3) is 0 Å². The normalized spacial score (nSPS) is 13.7. The van der Waals surface area contributed by atoms with Crippen molar-refractivity contribution in [2.24, 2.45) is 0 Å². The van der Waals surface area contributed by atoms with Gasteiger partial charge in [0, 0.05) is 45.1 Å². The van der Waals surface area contributed by atoms with Crippen molar-refractivity contribution in [1.29, 1.82) is 0 Å². The number of fused-ring (bicyclic) bond motifs is 1. The second-order valence-corrected chi connectivity index (χ2v) is 9.80. The summed E-state index contributed by atoms with van der Waals surface area (Å²) < 4.78 is 36.9. The van der Waals surface area contributed by atoms with E-state index in [0.29, 0.717) is 29.5 Å². The molecular formula is C19H27BrN2O6S. The van der Waals surface area contributed by atoms with Crippen LogP contribution in [0.1, 0.15) is 25.3 Å². The van der Waals surface area contributed by atoms with Crippen LogP contribution in [-0.4, -0.2) is 71.5 Å². The Morgan fingerprint density at radius 1 is 1.28 bits per heavy atom. The first-order chi connectivity index (χ1) is 13.6. The first-order valence-electron chi connectivity index (χ1n) is 9.29. The van der Waals surface area contributed by atoms with Gasteiger partial charge < -0.3 is 19.3 Å². The van der Waals surface area contributed by atoms with Gasteiger partial charge in [0.2, 0.25) is 11.8 Å². The zero-order chi connectivity index (χ0) is 21.8. The number of benzene rings is 1. The molecule has 0 spiro atoms. The average Bonchev–Trinajstić information content (AvgIpc) is 3.12. The fourth-order valence-electron chi connectivity index (χ4n) is 3.24. The summed E-state index contributed by atoms with van der Waals surface area (Å²) in [5.41, 5.74) is 1.26. The number of sulfone groups is 1. The van der Waals surface area contributed by atoms with Gasteiger partial charge in [0.15, 0.2) is 16.1 Å². The van der Waals surface area contributed by atoms with Crippen molar-refractivity contribution in [2.75, 3.05) is 45.0 Å². The monoisotopic (exact) mass is 490 g/mol. The molecule has 0 saturated heterocycles. The van der Waals surface area contributed by atoms with Crippen molar-refractivity contribution in [1.82, 2.24) is 4.90 Å². The van der Waals surface area contributed by atoms with E-state index in [4.69, 9.17) is 9.47 Å². The number of halogens is 1. The lowest BCUT2D eigenvalue weighted by Crippen LogP contribution is -2.36. The number of hydrogen-bond donors (Lipinski definition) is 0. The van der Waals surface area contributed by atoms with E-state index in [0.717, 1.165) is 5.56 Å². The smallest absolute Gasteiger partial charge is 0.226 e. The van der Waals surface area contributed by atoms with Crippen LogP contribution < -0.4 is 4.90 Å². The van der Waals surface area contributed by atoms with Crippen LogP contribution in [0.3, 0.4) is 0 Å². The van der Waals surface area contributed by atoms with Crippen LogP contribution in [0, 0.1) is 0 Å². The van der Waals surface area contributed by atoms with E-state index < -0.39 is 16.1 Å². The maximum absolute atomic E-state index is 13.1. The highest BCUT2D eigenvalue weighted by Crippen LogP contribution is 2.38. The number of hydrogen-bond acceptors (Lipinski definition) is 6. The van der Waals surface area contributed by atoms with Gasteiger partial charge in [-0.3, -0.25) is 9.59 Å². The van der Waals surface area contributed by atoms with Gasteiger partial charge in [0.1, 0.15) is 0 Å². The molecule has 162 valence electrons. The maximum Gasteiger partial charge on any atom is 0.226 e. The van der Waals surface area contributed by atoms with E-state index in [1.165, 1.54) is 30.1 Å². The number of likely N-dealkylation sites (N-methyl/N-ethyl adjacent to an activating group) is 1. The number of anilines is 1. The minimum absolute atomic E-state index is 0.0864. The second kappa shape index (κ2) is 10.0. The Bertz CT molecular complexity index is 870. The molecule has 0 unspecified atom stereocenters. The molecule has 0 atom stereocenters. The fraction of sp³-hybridized carbons (Fsp3) is 0.579. The Morgan fingerprint density at radius 2 is 1.93 bits per heavy atom. The summed E-state index contributed by atoms with van der Waals surface area (Å²) in [6.45, 7) is 2.39. The Labute approximate surface area is 180 Å². The van der Waals surface area contributed by atoms with Gasteiger partial charge in [0.05, 0.1) is 22.9 Å². The molecule has 1 heterocycles. The fourth-order valence-corrected chi connectivity index (χ4v) is 5.40. The van der Waals surface area contributed by atoms with E-state index in [1.54, 1.807) is 14.0 Å². The van der Waals surface area contributed by atoms with Gasteiger partial charge in [-0.1, -0.05) is 22.9 Å². The third kappa shape index (κ3) is 5.56. The standard InChI is InChI=1S/C19H27BrN2O6S/c1-5-16(23)22-8-6-13-10-14(20)11-15(19(13)22)29(25,26)9-7-17(24)21(2)12-18(27-3)28-4/h10-11,18H,5-9,12H2,1-4H3. The molecular weight excluding hydrogens is 464 g/mol. The third-order valence-corrected chi connectivity index (χ3v) is 7.07. The highest BCUT2D eigenvalue weighted by molar-refractivity contribution is 9.10. The summed E-state index contributed by atoms with van der Waals surface area (Å²) in [6.07, 6.45) is 0.128. The number of nitrogens with zero attached hydrogens (tertiary/aromatic N) is 2. The van der Waals surface area contributed by atoms with Crippen molar-refractivity contribution in [2.45, 2.75) is 37.4 Å². The van der Waals surface area contributed by atoms with E-state index >= 15 is 0 Å². The minimum atomic E-state index is -3.78. The molecule has 0 radical (unpaired) electrons. The van der Waals surface area contributed by atoms with Crippen molar-refractivity contribution < 1.29 is 27.5 Å². The Balaban J connectivity index is 2.22. The SMILES string of the molecule is CCC(=O)N1CCc2cc(Br)cc(S(=O)(=O)CCC(=O)N(C)CC(OC)OC)c21. The molecule has 0 aliphatic carbocycles. The van der Waals surface area contributed by atoms with Gasteiger partial charge in [-0.15, -0.1) is 0 Å². The van der Waals surface area contributed by atoms with Crippen molar-refractivity contribution in [3.05, 3.63) is 22.2 Å². The van der Waals surface area contributed by atoms with Crippen LogP contribution in [0.2, 0.25) is 0 Å². The summed E-state index contributed by atoms with van der Waals surface area (Å²) >= 11 is 3.36. The van der Waals surface area contributed by atoms with Crippen LogP contribution in [0.15, 0.2) is 21.5 Å². The maximum atomic E-state index is 13.1. The zero-order valence-corrected chi connectivity index (χ0v) is 19.5. The lowest BCUT2D eigenvalue weighted by atomic mass is 10.2. The Kier molecular flexibility index (Phi) is 8.21. The molecule has 0 N–H and O–H groups in total. The van der Waals surface area contributed by atoms with E-state index in [1.807, 2.05) is 6.07 Å². The minimum Gasteiger partial charge on any atom is -0.354 e. The van der Waals surface area contributed by atoms with Gasteiger partial charge in [-0.25, -0.2) is 8.42 Å². The first-order valence-corrected chi connectivity index (χ1v) is 11.7. The van der Waals surface area contributed by atoms with Crippen LogP contribution in [0.4, 0.5) is 5.69 Å². The van der Waals surface area contributed by atoms with Crippen molar-refractivity contribution >= 4 is 43.3 Å². The van der Waals surface area contributed by atoms with Crippen LogP contribution in [-0.2, 0) is 35.3 Å². The Morgan fingerprint density at radius 3 is 2.52 bits per heavy atom. The van der Waals surface area contributed by atoms with Gasteiger partial charge in [-0.05, 0) is 24.1 Å². The number of carbonyl (C=O) groups is 2. The quantitative estimate of drug-likeness (QED) is 0.491. The highest BCUT2D eigenvalue weighted by atomic mass is 79.9. The average molecular weight is 491 g/mol. The second-order valence-electron chi connectivity index (χ2n) is 6.80. The molecule has 10 heteroatoms. The summed E-state index contributed by atoms with van der Waals surface area (Å²) in [5, 5.41) is 0. The third-order valence-electron chi connectivity index (χ3n) is 4.89. The predicted octanol–water partition coefficient (Wildman–Crippen LogP) is 1.99. The lowest BCUT2D eigenvalue weighted by molar-refractivity contribution is -0.142. The van der Waals surface area contributed by atoms with Crippen LogP contribution >= 0.6 is 15.9 Å². The number of methoxy groups -OCH3 is 2. The van der Waals surface area contributed by atoms with E-state index in [9.17, 15) is 18.0 Å². The van der Waals surface area contributed by atoms with Crippen molar-refractivity contribution in [3.8, 4) is 0 Å². The molecule has 0 bridgehead atoms. The Hall–Kier alpha value is -1.49. The number of ether oxygens (including phenoxy) is 2. The predicted molar refractivity (Wildman–Crippen MR) is 113 cm³/mol. The zero-order valence-electron chi connectivity index (χ0n) is 17.1. The lowest BCUT2D eigenvalue weighted by Gasteiger charge is -2.23. The van der Waals surface area contributed by atoms with Crippen LogP contribution in [0.5, 0.6) is 0 Å². The number of carbonyl (C=O) groups excluding carboxylic acids is 2. The van der Waals surface area contributed by atoms with E-state index in [-0.39, 0.29) is 35.4 Å². The summed E-state index contributed by atoms with van der Waals surface area (Å²) in [4.78, 5) is 27.7. The molecule has 2 rings (SSSR count). The van der Waals surface area contributed by atoms with Crippen LogP contribution in [0.25, 0.3) is 0 Å². The van der Waals surface area contributed by atoms with Gasteiger partial charge in [-0.2, -0.15) is 0 Å². The summed E-state index contributed by atoms with van der Waals surface area (Å²) in [7, 11) is 0.716. The van der Waals surface area contributed by atoms with Crippen molar-refractivity contribution in [3.63, 3.8) is 0 Å². The molecule has 1 aromatic rings.